The Hall–Kier alpha value is -0.512. The summed E-state index contributed by atoms with van der Waals surface area (Å²) in [6, 6.07) is 0. The topological polar surface area (TPSA) is 134 Å². The molecule has 102 valence electrons. The van der Waals surface area contributed by atoms with Crippen LogP contribution in [0.25, 0.3) is 32.5 Å². The molecule has 0 heterocycles. The average Bonchev–Trinajstić information content (AvgIpc) is 2.23. The summed E-state index contributed by atoms with van der Waals surface area (Å²) in [6.45, 7) is 0. The molecule has 19 heavy (non-hydrogen) atoms. The fourth-order valence-corrected chi connectivity index (χ4v) is 0. The largest absolute Gasteiger partial charge is 0.753 e. The standard InChI is InChI=1S/6CNS.Mo/c6*2-1-3;/q6*-1;. The summed E-state index contributed by atoms with van der Waals surface area (Å²) in [5, 5.41) is 50.8. The van der Waals surface area contributed by atoms with E-state index in [1.807, 2.05) is 0 Å². The summed E-state index contributed by atoms with van der Waals surface area (Å²) < 4.78 is 0. The van der Waals surface area contributed by atoms with Crippen LogP contribution in [0.15, 0.2) is 0 Å². The van der Waals surface area contributed by atoms with E-state index in [1.165, 1.54) is 31.0 Å². The van der Waals surface area contributed by atoms with E-state index in [-0.39, 0.29) is 21.1 Å². The molecule has 0 aromatic heterocycles. The van der Waals surface area contributed by atoms with E-state index >= 15 is 0 Å². The summed E-state index contributed by atoms with van der Waals surface area (Å²) in [5.74, 6) is 0. The number of rotatable bonds is 0. The molecule has 0 aliphatic rings. The van der Waals surface area contributed by atoms with Gasteiger partial charge in [0.15, 0.2) is 0 Å². The molecule has 0 aromatic rings. The van der Waals surface area contributed by atoms with Crippen molar-refractivity contribution in [3.63, 3.8) is 0 Å². The molecule has 0 bridgehead atoms. The Balaban J connectivity index is -0.0000000180. The molecule has 0 N–H and O–H groups in total. The minimum atomic E-state index is 0. The molecule has 0 rings (SSSR count). The van der Waals surface area contributed by atoms with Crippen molar-refractivity contribution in [3.8, 4) is 0 Å². The van der Waals surface area contributed by atoms with Crippen molar-refractivity contribution < 1.29 is 21.1 Å². The minimum absolute atomic E-state index is 0. The van der Waals surface area contributed by atoms with Crippen molar-refractivity contribution in [3.05, 3.63) is 32.5 Å². The van der Waals surface area contributed by atoms with E-state index in [0.29, 0.717) is 0 Å². The van der Waals surface area contributed by atoms with Gasteiger partial charge in [-0.05, 0) is 0 Å². The van der Waals surface area contributed by atoms with Crippen molar-refractivity contribution in [2.24, 2.45) is 0 Å². The zero-order valence-electron chi connectivity index (χ0n) is 8.54. The van der Waals surface area contributed by atoms with Crippen LogP contribution >= 0.6 is 73.3 Å². The predicted molar refractivity (Wildman–Crippen MR) is 95.7 cm³/mol. The van der Waals surface area contributed by atoms with Crippen LogP contribution in [0.2, 0.25) is 0 Å². The Morgan fingerprint density at radius 3 is 0.368 bits per heavy atom. The van der Waals surface area contributed by atoms with Crippen molar-refractivity contribution >= 4 is 104 Å². The Labute approximate surface area is 156 Å². The van der Waals surface area contributed by atoms with Gasteiger partial charge in [0.2, 0.25) is 0 Å². The van der Waals surface area contributed by atoms with Crippen LogP contribution < -0.4 is 0 Å². The maximum absolute atomic E-state index is 7.13. The molecule has 0 saturated carbocycles. The van der Waals surface area contributed by atoms with Gasteiger partial charge in [0.25, 0.3) is 0 Å². The summed E-state index contributed by atoms with van der Waals surface area (Å²) in [5.41, 5.74) is 0. The smallest absolute Gasteiger partial charge is 0 e. The first kappa shape index (κ1) is 42.8. The van der Waals surface area contributed by atoms with Gasteiger partial charge in [0.05, 0.1) is 0 Å². The number of hydrogen-bond donors (Lipinski definition) is 0. The van der Waals surface area contributed by atoms with Gasteiger partial charge in [0, 0.05) is 21.1 Å². The molecule has 0 saturated heterocycles. The molecule has 0 aliphatic carbocycles. The third kappa shape index (κ3) is 16000. The average molecular weight is 444 g/mol. The summed E-state index contributed by atoms with van der Waals surface area (Å²) >= 11 is 22.2. The van der Waals surface area contributed by atoms with Gasteiger partial charge in [-0.25, -0.2) is 0 Å². The van der Waals surface area contributed by atoms with Crippen LogP contribution in [0.1, 0.15) is 0 Å². The molecule has 0 aliphatic heterocycles. The van der Waals surface area contributed by atoms with Crippen LogP contribution in [-0.4, -0.2) is 31.0 Å². The van der Waals surface area contributed by atoms with Crippen molar-refractivity contribution in [2.45, 2.75) is 0 Å². The van der Waals surface area contributed by atoms with E-state index in [9.17, 15) is 0 Å². The van der Waals surface area contributed by atoms with Gasteiger partial charge in [0.1, 0.15) is 0 Å². The first-order valence-electron chi connectivity index (χ1n) is 2.57. The van der Waals surface area contributed by atoms with Crippen molar-refractivity contribution in [1.82, 2.24) is 0 Å². The van der Waals surface area contributed by atoms with Crippen LogP contribution in [0.5, 0.6) is 0 Å². The van der Waals surface area contributed by atoms with Gasteiger partial charge in [-0.1, -0.05) is 73.3 Å². The molecule has 0 fully saturated rings. The maximum atomic E-state index is 7.13. The summed E-state index contributed by atoms with van der Waals surface area (Å²) in [6.07, 6.45) is 0. The molecule has 0 aromatic carbocycles. The van der Waals surface area contributed by atoms with E-state index in [2.05, 4.69) is 73.3 Å². The SMILES string of the molecule is [Mo].[N-]=C=S.[N-]=C=S.[N-]=C=S.[N-]=C=S.[N-]=C=S.[N-]=C=S. The van der Waals surface area contributed by atoms with Gasteiger partial charge < -0.3 is 32.5 Å². The molecule has 0 amide bonds. The third-order valence-electron chi connectivity index (χ3n) is 0. The zero-order valence-corrected chi connectivity index (χ0v) is 15.4. The first-order valence-corrected chi connectivity index (χ1v) is 5.02. The fraction of sp³-hybridized carbons (Fsp3) is 0. The van der Waals surface area contributed by atoms with E-state index < -0.39 is 0 Å². The zero-order chi connectivity index (χ0) is 16.2. The molecule has 13 heteroatoms. The monoisotopic (exact) mass is 446 g/mol. The Morgan fingerprint density at radius 2 is 0.368 bits per heavy atom. The van der Waals surface area contributed by atoms with E-state index in [1.54, 1.807) is 0 Å². The van der Waals surface area contributed by atoms with Gasteiger partial charge in [-0.2, -0.15) is 31.0 Å². The molecular formula is C6MoN6S6-6. The Bertz CT molecular complexity index is 253. The summed E-state index contributed by atoms with van der Waals surface area (Å²) in [4.78, 5) is 0. The number of nitrogens with zero attached hydrogens (tertiary/aromatic N) is 6. The van der Waals surface area contributed by atoms with Crippen LogP contribution in [0, 0.1) is 0 Å². The normalized spacial score (nSPS) is 2.53. The molecule has 0 atom stereocenters. The van der Waals surface area contributed by atoms with Crippen LogP contribution in [0.4, 0.5) is 0 Å². The van der Waals surface area contributed by atoms with Gasteiger partial charge in [-0.15, -0.1) is 0 Å². The quantitative estimate of drug-likeness (QED) is 0.315. The molecule has 0 spiro atoms. The minimum Gasteiger partial charge on any atom is -0.753 e. The fourth-order valence-electron chi connectivity index (χ4n) is 0. The predicted octanol–water partition coefficient (Wildman–Crippen LogP) is 3.95. The first-order chi connectivity index (χ1) is 8.49. The molecule has 0 radical (unpaired) electrons. The second-order valence-electron chi connectivity index (χ2n) is 0.548. The second kappa shape index (κ2) is 158. The van der Waals surface area contributed by atoms with Crippen LogP contribution in [0.3, 0.4) is 0 Å². The van der Waals surface area contributed by atoms with E-state index in [0.717, 1.165) is 0 Å². The maximum Gasteiger partial charge on any atom is 0 e. The number of thiocarbonyl (C=S) groups is 6. The van der Waals surface area contributed by atoms with Gasteiger partial charge in [-0.3, -0.25) is 0 Å². The molecular weight excluding hydrogens is 444 g/mol. The van der Waals surface area contributed by atoms with Gasteiger partial charge >= 0.3 is 0 Å². The Morgan fingerprint density at radius 1 is 0.368 bits per heavy atom. The van der Waals surface area contributed by atoms with E-state index in [4.69, 9.17) is 32.5 Å². The number of hydrogen-bond acceptors (Lipinski definition) is 6. The second-order valence-corrected chi connectivity index (χ2v) is 1.64. The molecule has 6 nitrogen and oxygen atoms in total. The third-order valence-corrected chi connectivity index (χ3v) is 0. The van der Waals surface area contributed by atoms with Crippen molar-refractivity contribution in [1.29, 1.82) is 0 Å². The Kier molecular flexibility index (Phi) is 356. The van der Waals surface area contributed by atoms with Crippen LogP contribution in [-0.2, 0) is 21.1 Å². The summed E-state index contributed by atoms with van der Waals surface area (Å²) in [7, 11) is 0. The number of isothiocyanates is 6. The van der Waals surface area contributed by atoms with Crippen molar-refractivity contribution in [2.75, 3.05) is 0 Å². The molecule has 0 unspecified atom stereocenters.